The van der Waals surface area contributed by atoms with Crippen LogP contribution in [0, 0.1) is 0 Å². The maximum absolute atomic E-state index is 11.4. The number of pyridine rings is 1. The van der Waals surface area contributed by atoms with Gasteiger partial charge in [0, 0.05) is 13.1 Å². The van der Waals surface area contributed by atoms with Crippen LogP contribution in [0.4, 0.5) is 0 Å². The van der Waals surface area contributed by atoms with E-state index in [1.54, 1.807) is 6.07 Å². The van der Waals surface area contributed by atoms with Gasteiger partial charge in [0.2, 0.25) is 0 Å². The van der Waals surface area contributed by atoms with Gasteiger partial charge >= 0.3 is 5.97 Å². The van der Waals surface area contributed by atoms with Gasteiger partial charge in [-0.3, -0.25) is 4.79 Å². The molecule has 0 saturated heterocycles. The van der Waals surface area contributed by atoms with Crippen LogP contribution in [0.15, 0.2) is 16.9 Å². The molecule has 0 bridgehead atoms. The fourth-order valence-electron chi connectivity index (χ4n) is 2.49. The zero-order valence-electron chi connectivity index (χ0n) is 9.27. The summed E-state index contributed by atoms with van der Waals surface area (Å²) >= 11 is 0. The van der Waals surface area contributed by atoms with E-state index < -0.39 is 5.97 Å². The summed E-state index contributed by atoms with van der Waals surface area (Å²) in [6, 6.07) is 3.14. The molecular formula is C12H15NO3. The van der Waals surface area contributed by atoms with E-state index in [2.05, 4.69) is 0 Å². The number of hydrogen-bond donors (Lipinski definition) is 1. The largest absolute Gasteiger partial charge is 0.477 e. The van der Waals surface area contributed by atoms with E-state index in [0.717, 1.165) is 31.2 Å². The molecule has 16 heavy (non-hydrogen) atoms. The molecule has 1 aromatic heterocycles. The van der Waals surface area contributed by atoms with Gasteiger partial charge in [0.25, 0.3) is 5.56 Å². The minimum absolute atomic E-state index is 0.152. The monoisotopic (exact) mass is 221 g/mol. The molecule has 0 radical (unpaired) electrons. The van der Waals surface area contributed by atoms with Crippen molar-refractivity contribution in [2.75, 3.05) is 0 Å². The summed E-state index contributed by atoms with van der Waals surface area (Å²) in [7, 11) is 1.52. The highest BCUT2D eigenvalue weighted by atomic mass is 16.4. The van der Waals surface area contributed by atoms with E-state index in [1.807, 2.05) is 0 Å². The number of rotatable bonds is 2. The molecule has 1 heterocycles. The summed E-state index contributed by atoms with van der Waals surface area (Å²) in [6.45, 7) is 0. The molecule has 2 rings (SSSR count). The van der Waals surface area contributed by atoms with Crippen molar-refractivity contribution in [1.82, 2.24) is 4.57 Å². The molecule has 0 atom stereocenters. The quantitative estimate of drug-likeness (QED) is 0.827. The molecule has 1 N–H and O–H groups in total. The van der Waals surface area contributed by atoms with Crippen molar-refractivity contribution < 1.29 is 9.90 Å². The van der Waals surface area contributed by atoms with Crippen molar-refractivity contribution in [3.63, 3.8) is 0 Å². The molecule has 0 spiro atoms. The van der Waals surface area contributed by atoms with Crippen molar-refractivity contribution in [2.24, 2.45) is 7.05 Å². The van der Waals surface area contributed by atoms with Crippen LogP contribution in [0.1, 0.15) is 47.7 Å². The Kier molecular flexibility index (Phi) is 2.81. The van der Waals surface area contributed by atoms with Gasteiger partial charge in [0.05, 0.1) is 0 Å². The summed E-state index contributed by atoms with van der Waals surface area (Å²) in [4.78, 5) is 22.6. The number of carbonyl (C=O) groups is 1. The van der Waals surface area contributed by atoms with Crippen LogP contribution in [0.2, 0.25) is 0 Å². The Morgan fingerprint density at radius 3 is 2.56 bits per heavy atom. The molecule has 4 nitrogen and oxygen atoms in total. The molecule has 1 aliphatic rings. The highest BCUT2D eigenvalue weighted by Crippen LogP contribution is 2.35. The van der Waals surface area contributed by atoms with Gasteiger partial charge in [-0.2, -0.15) is 0 Å². The number of nitrogens with zero attached hydrogens (tertiary/aromatic N) is 1. The van der Waals surface area contributed by atoms with Crippen LogP contribution in [-0.2, 0) is 7.05 Å². The zero-order chi connectivity index (χ0) is 11.7. The first-order valence-electron chi connectivity index (χ1n) is 5.54. The van der Waals surface area contributed by atoms with Crippen molar-refractivity contribution in [3.05, 3.63) is 33.7 Å². The van der Waals surface area contributed by atoms with E-state index in [0.29, 0.717) is 5.92 Å². The Morgan fingerprint density at radius 1 is 1.38 bits per heavy atom. The van der Waals surface area contributed by atoms with E-state index in [-0.39, 0.29) is 11.3 Å². The molecule has 0 aliphatic heterocycles. The predicted molar refractivity (Wildman–Crippen MR) is 59.9 cm³/mol. The lowest BCUT2D eigenvalue weighted by Gasteiger charge is -2.15. The molecule has 86 valence electrons. The SMILES string of the molecule is Cn1c(C(=O)O)c(C2CCCC2)ccc1=O. The van der Waals surface area contributed by atoms with Crippen LogP contribution in [0.5, 0.6) is 0 Å². The molecule has 1 fully saturated rings. The Bertz CT molecular complexity index is 470. The van der Waals surface area contributed by atoms with Crippen LogP contribution >= 0.6 is 0 Å². The van der Waals surface area contributed by atoms with Gasteiger partial charge < -0.3 is 9.67 Å². The average Bonchev–Trinajstić information content (AvgIpc) is 2.74. The first kappa shape index (κ1) is 10.9. The third-order valence-electron chi connectivity index (χ3n) is 3.34. The minimum atomic E-state index is -1.01. The molecule has 1 aromatic rings. The summed E-state index contributed by atoms with van der Waals surface area (Å²) < 4.78 is 1.23. The Balaban J connectivity index is 2.56. The molecule has 0 amide bonds. The smallest absolute Gasteiger partial charge is 0.352 e. The molecule has 1 saturated carbocycles. The van der Waals surface area contributed by atoms with Gasteiger partial charge in [0.1, 0.15) is 5.69 Å². The van der Waals surface area contributed by atoms with Gasteiger partial charge in [-0.05, 0) is 24.3 Å². The number of aromatic nitrogens is 1. The first-order chi connectivity index (χ1) is 7.61. The van der Waals surface area contributed by atoms with Gasteiger partial charge in [0.15, 0.2) is 0 Å². The number of hydrogen-bond acceptors (Lipinski definition) is 2. The fourth-order valence-corrected chi connectivity index (χ4v) is 2.49. The predicted octanol–water partition coefficient (Wildman–Crippen LogP) is 1.74. The normalized spacial score (nSPS) is 16.6. The lowest BCUT2D eigenvalue weighted by atomic mass is 9.96. The Morgan fingerprint density at radius 2 is 2.00 bits per heavy atom. The summed E-state index contributed by atoms with van der Waals surface area (Å²) in [5, 5.41) is 9.17. The van der Waals surface area contributed by atoms with Crippen LogP contribution in [0.3, 0.4) is 0 Å². The standard InChI is InChI=1S/C12H15NO3/c1-13-10(14)7-6-9(11(13)12(15)16)8-4-2-3-5-8/h6-8H,2-5H2,1H3,(H,15,16). The Hall–Kier alpha value is -1.58. The molecule has 0 aromatic carbocycles. The van der Waals surface area contributed by atoms with Crippen LogP contribution < -0.4 is 5.56 Å². The van der Waals surface area contributed by atoms with Gasteiger partial charge in [-0.1, -0.05) is 18.9 Å². The van der Waals surface area contributed by atoms with Crippen LogP contribution in [-0.4, -0.2) is 15.6 Å². The fraction of sp³-hybridized carbons (Fsp3) is 0.500. The second-order valence-electron chi connectivity index (χ2n) is 4.32. The second-order valence-corrected chi connectivity index (χ2v) is 4.32. The zero-order valence-corrected chi connectivity index (χ0v) is 9.27. The average molecular weight is 221 g/mol. The van der Waals surface area contributed by atoms with Crippen molar-refractivity contribution in [1.29, 1.82) is 0 Å². The molecule has 4 heteroatoms. The van der Waals surface area contributed by atoms with E-state index >= 15 is 0 Å². The van der Waals surface area contributed by atoms with Crippen molar-refractivity contribution in [2.45, 2.75) is 31.6 Å². The summed E-state index contributed by atoms with van der Waals surface area (Å²) in [5.41, 5.74) is 0.700. The van der Waals surface area contributed by atoms with Crippen molar-refractivity contribution in [3.8, 4) is 0 Å². The topological polar surface area (TPSA) is 59.3 Å². The minimum Gasteiger partial charge on any atom is -0.477 e. The first-order valence-corrected chi connectivity index (χ1v) is 5.54. The molecule has 1 aliphatic carbocycles. The maximum atomic E-state index is 11.4. The van der Waals surface area contributed by atoms with E-state index in [4.69, 9.17) is 0 Å². The second kappa shape index (κ2) is 4.12. The van der Waals surface area contributed by atoms with Gasteiger partial charge in [-0.25, -0.2) is 4.79 Å². The highest BCUT2D eigenvalue weighted by molar-refractivity contribution is 5.87. The number of carboxylic acid groups (broad SMARTS) is 1. The third-order valence-corrected chi connectivity index (χ3v) is 3.34. The number of aromatic carboxylic acids is 1. The summed E-state index contributed by atoms with van der Waals surface area (Å²) in [5.74, 6) is -0.708. The van der Waals surface area contributed by atoms with Gasteiger partial charge in [-0.15, -0.1) is 0 Å². The number of carboxylic acids is 1. The van der Waals surface area contributed by atoms with Crippen LogP contribution in [0.25, 0.3) is 0 Å². The summed E-state index contributed by atoms with van der Waals surface area (Å²) in [6.07, 6.45) is 4.34. The lowest BCUT2D eigenvalue weighted by molar-refractivity contribution is 0.0683. The molecule has 0 unspecified atom stereocenters. The molecular weight excluding hydrogens is 206 g/mol. The Labute approximate surface area is 93.5 Å². The van der Waals surface area contributed by atoms with E-state index in [9.17, 15) is 14.7 Å². The third kappa shape index (κ3) is 1.75. The van der Waals surface area contributed by atoms with Crippen molar-refractivity contribution >= 4 is 5.97 Å². The maximum Gasteiger partial charge on any atom is 0.352 e. The lowest BCUT2D eigenvalue weighted by Crippen LogP contribution is -2.24. The van der Waals surface area contributed by atoms with E-state index in [1.165, 1.54) is 17.7 Å². The highest BCUT2D eigenvalue weighted by Gasteiger charge is 2.24.